The summed E-state index contributed by atoms with van der Waals surface area (Å²) in [6, 6.07) is 12.9. The number of aliphatic imine (C=N–C) groups is 1. The molecule has 0 saturated heterocycles. The van der Waals surface area contributed by atoms with Gasteiger partial charge in [0.25, 0.3) is 5.91 Å². The van der Waals surface area contributed by atoms with Crippen molar-refractivity contribution in [3.8, 4) is 5.75 Å². The largest absolute Gasteiger partial charge is 0.495 e. The number of aliphatic hydroxyl groups excluding tert-OH is 1. The van der Waals surface area contributed by atoms with Crippen LogP contribution >= 0.6 is 0 Å². The monoisotopic (exact) mass is 532 g/mol. The molecule has 1 aliphatic heterocycles. The number of rotatable bonds is 12. The number of carbonyl (C=O) groups is 2. The van der Waals surface area contributed by atoms with Gasteiger partial charge >= 0.3 is 0 Å². The average Bonchev–Trinajstić information content (AvgIpc) is 3.01. The van der Waals surface area contributed by atoms with Gasteiger partial charge in [-0.25, -0.2) is 4.99 Å². The van der Waals surface area contributed by atoms with Gasteiger partial charge in [-0.1, -0.05) is 31.7 Å². The Kier molecular flexibility index (Phi) is 11.0. The smallest absolute Gasteiger partial charge is 0.258 e. The molecule has 2 N–H and O–H groups in total. The molecule has 208 valence electrons. The fourth-order valence-corrected chi connectivity index (χ4v) is 4.66. The van der Waals surface area contributed by atoms with Crippen LogP contribution in [0.2, 0.25) is 0 Å². The zero-order chi connectivity index (χ0) is 28.4. The summed E-state index contributed by atoms with van der Waals surface area (Å²) < 4.78 is 5.55. The van der Waals surface area contributed by atoms with Crippen LogP contribution in [0.1, 0.15) is 59.4 Å². The van der Waals surface area contributed by atoms with Crippen molar-refractivity contribution in [2.24, 2.45) is 4.99 Å². The summed E-state index contributed by atoms with van der Waals surface area (Å²) in [7, 11) is 3.29. The lowest BCUT2D eigenvalue weighted by molar-refractivity contribution is 0.0840. The molecular formula is C31H40N4O4. The highest BCUT2D eigenvalue weighted by Gasteiger charge is 2.25. The van der Waals surface area contributed by atoms with E-state index in [4.69, 9.17) is 4.74 Å². The molecule has 0 saturated carbocycles. The Hall–Kier alpha value is -3.75. The summed E-state index contributed by atoms with van der Waals surface area (Å²) in [4.78, 5) is 34.1. The van der Waals surface area contributed by atoms with Crippen molar-refractivity contribution in [3.63, 3.8) is 0 Å². The lowest BCUT2D eigenvalue weighted by Gasteiger charge is -2.20. The maximum atomic E-state index is 13.0. The summed E-state index contributed by atoms with van der Waals surface area (Å²) in [5, 5.41) is 12.4. The first-order valence-corrected chi connectivity index (χ1v) is 13.4. The highest BCUT2D eigenvalue weighted by Crippen LogP contribution is 2.28. The topological polar surface area (TPSA) is 94.5 Å². The Morgan fingerprint density at radius 2 is 2.00 bits per heavy atom. The Morgan fingerprint density at radius 3 is 2.72 bits per heavy atom. The number of likely N-dealkylation sites (N-methyl/N-ethyl adjacent to an activating group) is 1. The lowest BCUT2D eigenvalue weighted by Crippen LogP contribution is -2.29. The van der Waals surface area contributed by atoms with E-state index in [9.17, 15) is 14.7 Å². The van der Waals surface area contributed by atoms with Gasteiger partial charge < -0.3 is 25.0 Å². The molecule has 1 heterocycles. The molecule has 0 fully saturated rings. The van der Waals surface area contributed by atoms with Gasteiger partial charge in [0.2, 0.25) is 0 Å². The van der Waals surface area contributed by atoms with Crippen molar-refractivity contribution in [1.82, 2.24) is 9.80 Å². The molecule has 39 heavy (non-hydrogen) atoms. The fourth-order valence-electron chi connectivity index (χ4n) is 4.66. The highest BCUT2D eigenvalue weighted by molar-refractivity contribution is 6.00. The molecule has 0 spiro atoms. The minimum absolute atomic E-state index is 0.0518. The molecule has 0 aliphatic carbocycles. The summed E-state index contributed by atoms with van der Waals surface area (Å²) in [6.45, 7) is 10.6. The van der Waals surface area contributed by atoms with Gasteiger partial charge in [-0.05, 0) is 74.7 Å². The van der Waals surface area contributed by atoms with E-state index in [0.717, 1.165) is 37.1 Å². The molecule has 0 radical (unpaired) electrons. The number of Topliss-reactive ketones (excluding diaryl/α,β-unsaturated/α-hetero) is 1. The predicted octanol–water partition coefficient (Wildman–Crippen LogP) is 4.92. The van der Waals surface area contributed by atoms with E-state index < -0.39 is 0 Å². The van der Waals surface area contributed by atoms with Crippen molar-refractivity contribution >= 4 is 23.2 Å². The molecular weight excluding hydrogens is 492 g/mol. The van der Waals surface area contributed by atoms with Crippen LogP contribution in [-0.4, -0.2) is 72.8 Å². The summed E-state index contributed by atoms with van der Waals surface area (Å²) >= 11 is 0. The number of hydrogen-bond acceptors (Lipinski definition) is 6. The van der Waals surface area contributed by atoms with Crippen LogP contribution in [0.15, 0.2) is 71.5 Å². The molecule has 0 aromatic heterocycles. The minimum atomic E-state index is -0.0929. The Balaban J connectivity index is 1.68. The second-order valence-electron chi connectivity index (χ2n) is 9.66. The van der Waals surface area contributed by atoms with Crippen LogP contribution in [0.5, 0.6) is 5.75 Å². The molecule has 2 aromatic rings. The van der Waals surface area contributed by atoms with Crippen molar-refractivity contribution in [2.75, 3.05) is 45.7 Å². The minimum Gasteiger partial charge on any atom is -0.495 e. The lowest BCUT2D eigenvalue weighted by atomic mass is 10.0. The number of hydrogen-bond donors (Lipinski definition) is 2. The Bertz CT molecular complexity index is 1240. The van der Waals surface area contributed by atoms with Gasteiger partial charge in [0, 0.05) is 31.1 Å². The molecule has 0 unspecified atom stereocenters. The van der Waals surface area contributed by atoms with Crippen molar-refractivity contribution in [3.05, 3.63) is 83.2 Å². The summed E-state index contributed by atoms with van der Waals surface area (Å²) in [5.41, 5.74) is 4.36. The third kappa shape index (κ3) is 7.88. The third-order valence-electron chi connectivity index (χ3n) is 6.73. The van der Waals surface area contributed by atoms with Crippen molar-refractivity contribution in [2.45, 2.75) is 39.5 Å². The maximum Gasteiger partial charge on any atom is 0.258 e. The number of ether oxygens (including phenoxy) is 1. The summed E-state index contributed by atoms with van der Waals surface area (Å²) in [5.74, 6) is 1.09. The molecule has 1 aliphatic rings. The number of ketones is 1. The Morgan fingerprint density at radius 1 is 1.23 bits per heavy atom. The first kappa shape index (κ1) is 29.8. The van der Waals surface area contributed by atoms with Gasteiger partial charge in [-0.2, -0.15) is 0 Å². The summed E-state index contributed by atoms with van der Waals surface area (Å²) in [6.07, 6.45) is 4.39. The number of nitrogens with zero attached hydrogens (tertiary/aromatic N) is 3. The normalized spacial score (nSPS) is 15.0. The fraction of sp³-hybridized carbons (Fsp3) is 0.387. The van der Waals surface area contributed by atoms with Gasteiger partial charge in [-0.15, -0.1) is 0 Å². The van der Waals surface area contributed by atoms with Crippen molar-refractivity contribution < 1.29 is 19.4 Å². The zero-order valence-electron chi connectivity index (χ0n) is 23.5. The number of nitrogens with one attached hydrogen (secondary N) is 1. The quantitative estimate of drug-likeness (QED) is 0.229. The Labute approximate surface area is 231 Å². The first-order valence-electron chi connectivity index (χ1n) is 13.4. The third-order valence-corrected chi connectivity index (χ3v) is 6.73. The van der Waals surface area contributed by atoms with Crippen LogP contribution in [-0.2, 0) is 6.42 Å². The van der Waals surface area contributed by atoms with E-state index in [-0.39, 0.29) is 18.3 Å². The van der Waals surface area contributed by atoms with E-state index in [1.54, 1.807) is 37.4 Å². The van der Waals surface area contributed by atoms with Crippen molar-refractivity contribution in [1.29, 1.82) is 0 Å². The predicted molar refractivity (Wildman–Crippen MR) is 157 cm³/mol. The van der Waals surface area contributed by atoms with Gasteiger partial charge in [0.05, 0.1) is 31.3 Å². The molecule has 3 rings (SSSR count). The van der Waals surface area contributed by atoms with E-state index in [2.05, 4.69) is 28.7 Å². The molecule has 1 amide bonds. The number of benzene rings is 2. The number of methoxy groups -OCH3 is 1. The maximum absolute atomic E-state index is 13.0. The SMILES string of the molecule is C=C1Cc2ccccc2C(=O)N(C)C1=CN=C(C)Nc1ccc(C(=O)CCCN(CCC)CCO)cc1OC. The number of allylic oxidation sites excluding steroid dienone is 1. The van der Waals surface area contributed by atoms with Crippen LogP contribution in [0, 0.1) is 0 Å². The zero-order valence-corrected chi connectivity index (χ0v) is 23.5. The molecule has 8 nitrogen and oxygen atoms in total. The van der Waals surface area contributed by atoms with E-state index >= 15 is 0 Å². The highest BCUT2D eigenvalue weighted by atomic mass is 16.5. The van der Waals surface area contributed by atoms with E-state index in [0.29, 0.717) is 53.5 Å². The van der Waals surface area contributed by atoms with E-state index in [1.165, 1.54) is 0 Å². The first-order chi connectivity index (χ1) is 18.8. The van der Waals surface area contributed by atoms with Crippen LogP contribution in [0.25, 0.3) is 0 Å². The van der Waals surface area contributed by atoms with E-state index in [1.807, 2.05) is 37.3 Å². The molecule has 8 heteroatoms. The number of amides is 1. The number of carbonyl (C=O) groups excluding carboxylic acids is 2. The number of amidine groups is 1. The molecule has 0 bridgehead atoms. The van der Waals surface area contributed by atoms with Crippen LogP contribution < -0.4 is 10.1 Å². The second kappa shape index (κ2) is 14.4. The number of fused-ring (bicyclic) bond motifs is 1. The molecule has 2 aromatic carbocycles. The molecule has 0 atom stereocenters. The van der Waals surface area contributed by atoms with Gasteiger partial charge in [0.1, 0.15) is 11.6 Å². The van der Waals surface area contributed by atoms with Crippen LogP contribution in [0.4, 0.5) is 5.69 Å². The number of aliphatic hydroxyl groups is 1. The van der Waals surface area contributed by atoms with Gasteiger partial charge in [0.15, 0.2) is 5.78 Å². The second-order valence-corrected chi connectivity index (χ2v) is 9.66. The van der Waals surface area contributed by atoms with Gasteiger partial charge in [-0.3, -0.25) is 9.59 Å². The number of anilines is 1. The van der Waals surface area contributed by atoms with Crippen LogP contribution in [0.3, 0.4) is 0 Å². The standard InChI is InChI=1S/C31H40N4O4/c1-6-15-35(17-18-36)16-9-12-29(37)25-13-14-27(30(20-25)39-5)33-23(3)32-21-28-22(2)19-24-10-7-8-11-26(24)31(38)34(28)4/h7-8,10-11,13-14,20-21,36H,2,6,9,12,15-19H2,1,3-5H3,(H,32,33). The average molecular weight is 533 g/mol.